The van der Waals surface area contributed by atoms with E-state index in [1.54, 1.807) is 6.92 Å². The monoisotopic (exact) mass is 239 g/mol. The minimum Gasteiger partial charge on any atom is -0.307 e. The molecule has 1 unspecified atom stereocenters. The normalized spacial score (nSPS) is 25.5. The zero-order valence-electron chi connectivity index (χ0n) is 10.6. The van der Waals surface area contributed by atoms with Gasteiger partial charge in [0.25, 0.3) is 0 Å². The maximum Gasteiger partial charge on any atom is 0.128 e. The van der Waals surface area contributed by atoms with Crippen LogP contribution in [0, 0.1) is 24.5 Å². The van der Waals surface area contributed by atoms with Crippen LogP contribution in [0.5, 0.6) is 0 Å². The molecule has 0 bridgehead atoms. The van der Waals surface area contributed by atoms with Crippen molar-refractivity contribution in [3.05, 3.63) is 34.9 Å². The lowest BCUT2D eigenvalue weighted by atomic mass is 9.81. The molecule has 0 saturated heterocycles. The fraction of sp³-hybridized carbons (Fsp3) is 0.571. The maximum atomic E-state index is 13.7. The number of halogens is 2. The Hall–Kier alpha value is -0.960. The van der Waals surface area contributed by atoms with Crippen molar-refractivity contribution < 1.29 is 8.78 Å². The number of nitrogens with one attached hydrogen (secondary N) is 1. The van der Waals surface area contributed by atoms with E-state index in [1.165, 1.54) is 12.1 Å². The van der Waals surface area contributed by atoms with Crippen molar-refractivity contribution in [2.24, 2.45) is 5.92 Å². The summed E-state index contributed by atoms with van der Waals surface area (Å²) in [6.45, 7) is 5.67. The highest BCUT2D eigenvalue weighted by atomic mass is 19.1. The topological polar surface area (TPSA) is 12.0 Å². The molecule has 1 nitrogen and oxygen atoms in total. The van der Waals surface area contributed by atoms with E-state index in [0.29, 0.717) is 17.2 Å². The first-order valence-electron chi connectivity index (χ1n) is 6.19. The molecule has 0 aliphatic heterocycles. The van der Waals surface area contributed by atoms with Gasteiger partial charge in [-0.25, -0.2) is 8.78 Å². The molecule has 1 fully saturated rings. The van der Waals surface area contributed by atoms with Gasteiger partial charge in [-0.05, 0) is 50.3 Å². The molecule has 17 heavy (non-hydrogen) atoms. The molecule has 2 rings (SSSR count). The summed E-state index contributed by atoms with van der Waals surface area (Å²) in [7, 11) is 0. The molecule has 1 aromatic rings. The summed E-state index contributed by atoms with van der Waals surface area (Å²) in [6.07, 6.45) is 2.25. The molecular formula is C14H19F2N. The Labute approximate surface area is 101 Å². The highest BCUT2D eigenvalue weighted by Gasteiger charge is 2.27. The smallest absolute Gasteiger partial charge is 0.128 e. The second-order valence-electron chi connectivity index (χ2n) is 5.28. The largest absolute Gasteiger partial charge is 0.307 e. The summed E-state index contributed by atoms with van der Waals surface area (Å²) in [4.78, 5) is 0. The van der Waals surface area contributed by atoms with Crippen molar-refractivity contribution in [1.82, 2.24) is 5.32 Å². The van der Waals surface area contributed by atoms with E-state index >= 15 is 0 Å². The van der Waals surface area contributed by atoms with E-state index in [4.69, 9.17) is 0 Å². The van der Waals surface area contributed by atoms with E-state index < -0.39 is 0 Å². The molecule has 0 spiro atoms. The van der Waals surface area contributed by atoms with Crippen molar-refractivity contribution >= 4 is 0 Å². The van der Waals surface area contributed by atoms with Gasteiger partial charge in [0, 0.05) is 17.6 Å². The first kappa shape index (κ1) is 12.5. The third-order valence-electron chi connectivity index (χ3n) is 3.60. The molecule has 0 radical (unpaired) electrons. The summed E-state index contributed by atoms with van der Waals surface area (Å²) in [5.41, 5.74) is 0.781. The lowest BCUT2D eigenvalue weighted by molar-refractivity contribution is 0.225. The zero-order valence-corrected chi connectivity index (χ0v) is 10.6. The Morgan fingerprint density at radius 1 is 1.24 bits per heavy atom. The van der Waals surface area contributed by atoms with Gasteiger partial charge in [-0.3, -0.25) is 0 Å². The molecule has 1 saturated carbocycles. The van der Waals surface area contributed by atoms with Gasteiger partial charge in [0.2, 0.25) is 0 Å². The predicted molar refractivity (Wildman–Crippen MR) is 64.8 cm³/mol. The number of hydrogen-bond donors (Lipinski definition) is 1. The highest BCUT2D eigenvalue weighted by molar-refractivity contribution is 5.27. The SMILES string of the molecule is Cc1cc(F)c(C(C)NC2CC(C)C2)cc1F. The Morgan fingerprint density at radius 3 is 2.47 bits per heavy atom. The summed E-state index contributed by atoms with van der Waals surface area (Å²) in [5, 5.41) is 3.34. The minimum absolute atomic E-state index is 0.136. The van der Waals surface area contributed by atoms with Crippen LogP contribution in [-0.2, 0) is 0 Å². The summed E-state index contributed by atoms with van der Waals surface area (Å²) in [6, 6.07) is 2.89. The molecular weight excluding hydrogens is 220 g/mol. The molecule has 1 atom stereocenters. The van der Waals surface area contributed by atoms with Gasteiger partial charge in [0.15, 0.2) is 0 Å². The Balaban J connectivity index is 2.08. The van der Waals surface area contributed by atoms with Crippen LogP contribution in [0.2, 0.25) is 0 Å². The molecule has 1 aliphatic carbocycles. The first-order valence-corrected chi connectivity index (χ1v) is 6.19. The molecule has 0 aromatic heterocycles. The quantitative estimate of drug-likeness (QED) is 0.847. The van der Waals surface area contributed by atoms with E-state index in [0.717, 1.165) is 18.8 Å². The third-order valence-corrected chi connectivity index (χ3v) is 3.60. The van der Waals surface area contributed by atoms with Gasteiger partial charge in [-0.15, -0.1) is 0 Å². The highest BCUT2D eigenvalue weighted by Crippen LogP contribution is 2.29. The fourth-order valence-electron chi connectivity index (χ4n) is 2.48. The van der Waals surface area contributed by atoms with Crippen LogP contribution in [0.1, 0.15) is 43.9 Å². The average molecular weight is 239 g/mol. The second kappa shape index (κ2) is 4.73. The molecule has 1 aromatic carbocycles. The molecule has 1 aliphatic rings. The van der Waals surface area contributed by atoms with Crippen molar-refractivity contribution in [3.8, 4) is 0 Å². The van der Waals surface area contributed by atoms with Crippen molar-refractivity contribution in [2.75, 3.05) is 0 Å². The second-order valence-corrected chi connectivity index (χ2v) is 5.28. The lowest BCUT2D eigenvalue weighted by Crippen LogP contribution is -2.41. The van der Waals surface area contributed by atoms with Crippen LogP contribution in [-0.4, -0.2) is 6.04 Å². The van der Waals surface area contributed by atoms with E-state index in [1.807, 2.05) is 6.92 Å². The Kier molecular flexibility index (Phi) is 3.48. The van der Waals surface area contributed by atoms with Crippen LogP contribution in [0.4, 0.5) is 8.78 Å². The van der Waals surface area contributed by atoms with Crippen molar-refractivity contribution in [2.45, 2.75) is 45.7 Å². The van der Waals surface area contributed by atoms with Crippen LogP contribution in [0.3, 0.4) is 0 Å². The van der Waals surface area contributed by atoms with Gasteiger partial charge in [0.1, 0.15) is 11.6 Å². The number of aryl methyl sites for hydroxylation is 1. The minimum atomic E-state index is -0.336. The van der Waals surface area contributed by atoms with Gasteiger partial charge < -0.3 is 5.32 Å². The summed E-state index contributed by atoms with van der Waals surface area (Å²) < 4.78 is 27.1. The van der Waals surface area contributed by atoms with E-state index in [-0.39, 0.29) is 17.7 Å². The van der Waals surface area contributed by atoms with Gasteiger partial charge in [0.05, 0.1) is 0 Å². The molecule has 1 N–H and O–H groups in total. The van der Waals surface area contributed by atoms with Gasteiger partial charge in [-0.1, -0.05) is 6.92 Å². The number of rotatable bonds is 3. The number of hydrogen-bond acceptors (Lipinski definition) is 1. The molecule has 94 valence electrons. The first-order chi connectivity index (χ1) is 7.97. The van der Waals surface area contributed by atoms with Crippen molar-refractivity contribution in [3.63, 3.8) is 0 Å². The zero-order chi connectivity index (χ0) is 12.6. The predicted octanol–water partition coefficient (Wildman–Crippen LogP) is 3.72. The van der Waals surface area contributed by atoms with Gasteiger partial charge in [-0.2, -0.15) is 0 Å². The average Bonchev–Trinajstić information content (AvgIpc) is 2.21. The van der Waals surface area contributed by atoms with Crippen LogP contribution in [0.25, 0.3) is 0 Å². The third kappa shape index (κ3) is 2.65. The number of benzene rings is 1. The maximum absolute atomic E-state index is 13.7. The molecule has 0 amide bonds. The van der Waals surface area contributed by atoms with E-state index in [2.05, 4.69) is 12.2 Å². The van der Waals surface area contributed by atoms with Crippen LogP contribution >= 0.6 is 0 Å². The molecule has 0 heterocycles. The van der Waals surface area contributed by atoms with Crippen LogP contribution in [0.15, 0.2) is 12.1 Å². The lowest BCUT2D eigenvalue weighted by Gasteiger charge is -2.35. The van der Waals surface area contributed by atoms with E-state index in [9.17, 15) is 8.78 Å². The fourth-order valence-corrected chi connectivity index (χ4v) is 2.48. The van der Waals surface area contributed by atoms with Crippen LogP contribution < -0.4 is 5.32 Å². The molecule has 3 heteroatoms. The summed E-state index contributed by atoms with van der Waals surface area (Å²) in [5.74, 6) is 0.0904. The van der Waals surface area contributed by atoms with Gasteiger partial charge >= 0.3 is 0 Å². The van der Waals surface area contributed by atoms with Crippen molar-refractivity contribution in [1.29, 1.82) is 0 Å². The Morgan fingerprint density at radius 2 is 1.88 bits per heavy atom. The Bertz CT molecular complexity index is 411. The standard InChI is InChI=1S/C14H19F2N/c1-8-4-11(5-8)17-10(3)12-7-13(15)9(2)6-14(12)16/h6-8,10-11,17H,4-5H2,1-3H3. The summed E-state index contributed by atoms with van der Waals surface area (Å²) >= 11 is 0.